The number of nitrogens with one attached hydrogen (secondary N) is 2. The van der Waals surface area contributed by atoms with Crippen LogP contribution in [0.3, 0.4) is 0 Å². The minimum Gasteiger partial charge on any atom is -0.355 e. The Balaban J connectivity index is 1.88. The van der Waals surface area contributed by atoms with Crippen LogP contribution in [0.25, 0.3) is 0 Å². The summed E-state index contributed by atoms with van der Waals surface area (Å²) >= 11 is 7.39. The first-order valence-electron chi connectivity index (χ1n) is 7.79. The molecule has 0 bridgehead atoms. The van der Waals surface area contributed by atoms with Gasteiger partial charge in [-0.1, -0.05) is 23.4 Å². The van der Waals surface area contributed by atoms with Crippen molar-refractivity contribution in [3.63, 3.8) is 0 Å². The molecule has 2 aliphatic heterocycles. The van der Waals surface area contributed by atoms with Crippen molar-refractivity contribution in [1.82, 2.24) is 10.6 Å². The number of hydrogen-bond acceptors (Lipinski definition) is 4. The Labute approximate surface area is 149 Å². The first-order valence-corrected chi connectivity index (χ1v) is 8.99. The highest BCUT2D eigenvalue weighted by Crippen LogP contribution is 2.56. The largest absolute Gasteiger partial charge is 0.355 e. The number of benzene rings is 1. The molecule has 1 aromatic rings. The number of carbonyl (C=O) groups is 3. The summed E-state index contributed by atoms with van der Waals surface area (Å²) in [5, 5.41) is 5.93. The maximum Gasteiger partial charge on any atom is 0.257 e. The van der Waals surface area contributed by atoms with E-state index in [2.05, 4.69) is 10.6 Å². The highest BCUT2D eigenvalue weighted by molar-refractivity contribution is 8.02. The molecule has 128 valence electrons. The molecule has 24 heavy (non-hydrogen) atoms. The van der Waals surface area contributed by atoms with Crippen LogP contribution in [0.2, 0.25) is 5.02 Å². The molecule has 3 rings (SSSR count). The van der Waals surface area contributed by atoms with Crippen molar-refractivity contribution in [3.05, 3.63) is 23.2 Å². The summed E-state index contributed by atoms with van der Waals surface area (Å²) in [6.07, 6.45) is 0.693. The summed E-state index contributed by atoms with van der Waals surface area (Å²) in [5.41, 5.74) is 0.663. The predicted octanol–water partition coefficient (Wildman–Crippen LogP) is 1.91. The van der Waals surface area contributed by atoms with E-state index in [1.165, 1.54) is 16.7 Å². The van der Waals surface area contributed by atoms with Crippen LogP contribution in [0.15, 0.2) is 23.1 Å². The molecule has 1 aromatic carbocycles. The van der Waals surface area contributed by atoms with Crippen LogP contribution in [0.4, 0.5) is 5.69 Å². The van der Waals surface area contributed by atoms with Crippen molar-refractivity contribution in [2.75, 3.05) is 11.4 Å². The van der Waals surface area contributed by atoms with E-state index in [1.54, 1.807) is 19.1 Å². The molecule has 2 heterocycles. The van der Waals surface area contributed by atoms with E-state index in [9.17, 15) is 14.4 Å². The number of hydrogen-bond donors (Lipinski definition) is 2. The Morgan fingerprint density at radius 2 is 2.21 bits per heavy atom. The summed E-state index contributed by atoms with van der Waals surface area (Å²) in [4.78, 5) is 38.5. The molecule has 2 N–H and O–H groups in total. The Bertz CT molecular complexity index is 727. The van der Waals surface area contributed by atoms with E-state index < -0.39 is 10.9 Å². The number of fused-ring (bicyclic) bond motifs is 3. The van der Waals surface area contributed by atoms with Crippen molar-refractivity contribution >= 4 is 46.8 Å². The van der Waals surface area contributed by atoms with E-state index in [4.69, 9.17) is 11.6 Å². The fraction of sp³-hybridized carbons (Fsp3) is 0.438. The number of halogens is 1. The van der Waals surface area contributed by atoms with Crippen LogP contribution in [0.5, 0.6) is 0 Å². The average molecular weight is 368 g/mol. The van der Waals surface area contributed by atoms with E-state index in [1.807, 2.05) is 13.0 Å². The van der Waals surface area contributed by atoms with Crippen molar-refractivity contribution < 1.29 is 14.4 Å². The zero-order valence-electron chi connectivity index (χ0n) is 13.4. The Kier molecular flexibility index (Phi) is 4.48. The summed E-state index contributed by atoms with van der Waals surface area (Å²) in [7, 11) is 0. The van der Waals surface area contributed by atoms with Crippen LogP contribution in [-0.4, -0.2) is 35.2 Å². The number of rotatable bonds is 4. The van der Waals surface area contributed by atoms with Gasteiger partial charge in [-0.25, -0.2) is 0 Å². The number of nitrogens with zero attached hydrogens (tertiary/aromatic N) is 1. The third-order valence-corrected chi connectivity index (χ3v) is 5.89. The van der Waals surface area contributed by atoms with Gasteiger partial charge in [0.1, 0.15) is 6.04 Å². The van der Waals surface area contributed by atoms with Crippen molar-refractivity contribution in [1.29, 1.82) is 0 Å². The van der Waals surface area contributed by atoms with Gasteiger partial charge in [0.15, 0.2) is 4.87 Å². The molecule has 6 nitrogen and oxygen atoms in total. The van der Waals surface area contributed by atoms with Gasteiger partial charge in [-0.2, -0.15) is 0 Å². The van der Waals surface area contributed by atoms with Gasteiger partial charge in [0.25, 0.3) is 5.91 Å². The minimum absolute atomic E-state index is 0.107. The molecule has 0 saturated carbocycles. The van der Waals surface area contributed by atoms with E-state index in [0.717, 1.165) is 4.90 Å². The third kappa shape index (κ3) is 2.65. The highest BCUT2D eigenvalue weighted by Gasteiger charge is 2.57. The topological polar surface area (TPSA) is 78.5 Å². The maximum atomic E-state index is 12.9. The zero-order chi connectivity index (χ0) is 17.5. The molecule has 1 fully saturated rings. The number of amides is 3. The van der Waals surface area contributed by atoms with Gasteiger partial charge in [-0.05, 0) is 38.5 Å². The first-order chi connectivity index (χ1) is 11.4. The normalized spacial score (nSPS) is 22.8. The van der Waals surface area contributed by atoms with Gasteiger partial charge < -0.3 is 10.6 Å². The number of carbonyl (C=O) groups excluding carboxylic acids is 3. The molecule has 3 amide bonds. The van der Waals surface area contributed by atoms with Crippen LogP contribution in [0, 0.1) is 0 Å². The second-order valence-corrected chi connectivity index (χ2v) is 7.57. The second-order valence-electron chi connectivity index (χ2n) is 5.82. The monoisotopic (exact) mass is 367 g/mol. The van der Waals surface area contributed by atoms with Crippen LogP contribution >= 0.6 is 23.4 Å². The molecule has 0 aromatic heterocycles. The van der Waals surface area contributed by atoms with Crippen LogP contribution in [-0.2, 0) is 14.4 Å². The number of thioether (sulfide) groups is 1. The van der Waals surface area contributed by atoms with Crippen molar-refractivity contribution in [2.24, 2.45) is 0 Å². The van der Waals surface area contributed by atoms with Crippen molar-refractivity contribution in [3.8, 4) is 0 Å². The molecular weight excluding hydrogens is 350 g/mol. The van der Waals surface area contributed by atoms with Gasteiger partial charge in [0.05, 0.1) is 5.69 Å². The molecule has 0 unspecified atom stereocenters. The number of likely N-dealkylation sites (N-methyl/N-ethyl adjacent to an activating group) is 1. The lowest BCUT2D eigenvalue weighted by Crippen LogP contribution is -2.56. The lowest BCUT2D eigenvalue weighted by molar-refractivity contribution is -0.130. The van der Waals surface area contributed by atoms with Gasteiger partial charge in [0, 0.05) is 22.9 Å². The SMILES string of the molecule is CCNC(=O)[C@H](C)NC(=O)[C@@]12CCC(=O)N1c1cc(Cl)ccc1S2. The first kappa shape index (κ1) is 17.1. The van der Waals surface area contributed by atoms with Crippen molar-refractivity contribution in [2.45, 2.75) is 42.5 Å². The standard InChI is InChI=1S/C16H18ClN3O3S/c1-3-18-14(22)9(2)19-15(23)16-7-6-13(21)20(16)11-8-10(17)4-5-12(11)24-16/h4-5,8-9H,3,6-7H2,1-2H3,(H,18,22)(H,19,23)/t9-,16-/m0/s1. The molecule has 0 spiro atoms. The molecule has 0 aliphatic carbocycles. The fourth-order valence-electron chi connectivity index (χ4n) is 3.02. The summed E-state index contributed by atoms with van der Waals surface area (Å²) < 4.78 is 0. The Morgan fingerprint density at radius 3 is 2.92 bits per heavy atom. The second kappa shape index (κ2) is 6.29. The number of anilines is 1. The maximum absolute atomic E-state index is 12.9. The molecular formula is C16H18ClN3O3S. The molecule has 1 saturated heterocycles. The lowest BCUT2D eigenvalue weighted by atomic mass is 10.1. The minimum atomic E-state index is -1.04. The molecule has 8 heteroatoms. The third-order valence-electron chi connectivity index (χ3n) is 4.18. The Morgan fingerprint density at radius 1 is 1.46 bits per heavy atom. The predicted molar refractivity (Wildman–Crippen MR) is 93.0 cm³/mol. The van der Waals surface area contributed by atoms with Gasteiger partial charge in [-0.15, -0.1) is 0 Å². The summed E-state index contributed by atoms with van der Waals surface area (Å²) in [5.74, 6) is -0.685. The summed E-state index contributed by atoms with van der Waals surface area (Å²) in [6.45, 7) is 3.94. The fourth-order valence-corrected chi connectivity index (χ4v) is 4.59. The Hall–Kier alpha value is -1.73. The summed E-state index contributed by atoms with van der Waals surface area (Å²) in [6, 6.07) is 4.59. The average Bonchev–Trinajstić information content (AvgIpc) is 3.04. The quantitative estimate of drug-likeness (QED) is 0.852. The highest BCUT2D eigenvalue weighted by atomic mass is 35.5. The van der Waals surface area contributed by atoms with E-state index in [0.29, 0.717) is 30.1 Å². The van der Waals surface area contributed by atoms with Crippen LogP contribution < -0.4 is 15.5 Å². The van der Waals surface area contributed by atoms with E-state index >= 15 is 0 Å². The van der Waals surface area contributed by atoms with E-state index in [-0.39, 0.29) is 17.7 Å². The zero-order valence-corrected chi connectivity index (χ0v) is 15.0. The smallest absolute Gasteiger partial charge is 0.257 e. The molecule has 0 radical (unpaired) electrons. The van der Waals surface area contributed by atoms with Gasteiger partial charge in [-0.3, -0.25) is 19.3 Å². The lowest BCUT2D eigenvalue weighted by Gasteiger charge is -2.30. The molecule has 2 atom stereocenters. The van der Waals surface area contributed by atoms with Gasteiger partial charge >= 0.3 is 0 Å². The molecule has 2 aliphatic rings. The van der Waals surface area contributed by atoms with Gasteiger partial charge in [0.2, 0.25) is 11.8 Å². The van der Waals surface area contributed by atoms with Crippen LogP contribution in [0.1, 0.15) is 26.7 Å².